The molecule has 1 N–H and O–H groups in total. The van der Waals surface area contributed by atoms with Crippen LogP contribution in [0, 0.1) is 5.82 Å². The molecule has 1 heterocycles. The van der Waals surface area contributed by atoms with E-state index in [2.05, 4.69) is 4.98 Å². The Hall–Kier alpha value is -1.65. The number of hydrogen-bond acceptors (Lipinski definition) is 2. The predicted molar refractivity (Wildman–Crippen MR) is 66.6 cm³/mol. The Morgan fingerprint density at radius 2 is 1.94 bits per heavy atom. The van der Waals surface area contributed by atoms with Crippen molar-refractivity contribution < 1.29 is 14.3 Å². The van der Waals surface area contributed by atoms with Gasteiger partial charge in [0.15, 0.2) is 5.69 Å². The molecule has 3 nitrogen and oxygen atoms in total. The van der Waals surface area contributed by atoms with Crippen LogP contribution in [-0.2, 0) is 0 Å². The third-order valence-corrected chi connectivity index (χ3v) is 2.83. The van der Waals surface area contributed by atoms with Crippen molar-refractivity contribution in [3.8, 4) is 11.1 Å². The second kappa shape index (κ2) is 4.92. The van der Waals surface area contributed by atoms with Crippen molar-refractivity contribution in [1.82, 2.24) is 4.98 Å². The minimum Gasteiger partial charge on any atom is -0.476 e. The van der Waals surface area contributed by atoms with Crippen LogP contribution in [0.15, 0.2) is 30.5 Å². The molecule has 1 aromatic heterocycles. The van der Waals surface area contributed by atoms with Crippen molar-refractivity contribution in [2.24, 2.45) is 0 Å². The summed E-state index contributed by atoms with van der Waals surface area (Å²) >= 11 is 11.7. The SMILES string of the molecule is O=C(O)c1ncc(F)cc1-c1ccc(Cl)cc1Cl. The number of aromatic carboxylic acids is 1. The van der Waals surface area contributed by atoms with Gasteiger partial charge < -0.3 is 5.11 Å². The van der Waals surface area contributed by atoms with E-state index in [9.17, 15) is 9.18 Å². The highest BCUT2D eigenvalue weighted by molar-refractivity contribution is 6.36. The molecule has 0 spiro atoms. The second-order valence-corrected chi connectivity index (χ2v) is 4.32. The molecule has 0 aliphatic rings. The van der Waals surface area contributed by atoms with E-state index in [4.69, 9.17) is 28.3 Å². The van der Waals surface area contributed by atoms with Gasteiger partial charge in [0.25, 0.3) is 0 Å². The molecular formula is C12H6Cl2FNO2. The van der Waals surface area contributed by atoms with E-state index >= 15 is 0 Å². The molecule has 0 aliphatic heterocycles. The molecule has 0 fully saturated rings. The van der Waals surface area contributed by atoms with Crippen molar-refractivity contribution in [1.29, 1.82) is 0 Å². The standard InChI is InChI=1S/C12H6Cl2FNO2/c13-6-1-2-8(10(14)3-6)9-4-7(15)5-16-11(9)12(17)18/h1-5H,(H,17,18). The Bertz CT molecular complexity index is 631. The third kappa shape index (κ3) is 2.44. The number of rotatable bonds is 2. The van der Waals surface area contributed by atoms with E-state index < -0.39 is 11.8 Å². The average Bonchev–Trinajstić information content (AvgIpc) is 2.28. The number of halogens is 3. The summed E-state index contributed by atoms with van der Waals surface area (Å²) in [5.74, 6) is -1.89. The zero-order valence-corrected chi connectivity index (χ0v) is 10.3. The van der Waals surface area contributed by atoms with Crippen LogP contribution in [-0.4, -0.2) is 16.1 Å². The molecule has 0 radical (unpaired) electrons. The van der Waals surface area contributed by atoms with Crippen LogP contribution in [0.2, 0.25) is 10.0 Å². The summed E-state index contributed by atoms with van der Waals surface area (Å²) in [7, 11) is 0. The first-order valence-electron chi connectivity index (χ1n) is 4.83. The van der Waals surface area contributed by atoms with Crippen LogP contribution in [0.3, 0.4) is 0 Å². The van der Waals surface area contributed by atoms with Gasteiger partial charge in [0, 0.05) is 21.2 Å². The zero-order chi connectivity index (χ0) is 13.3. The van der Waals surface area contributed by atoms with Gasteiger partial charge in [-0.2, -0.15) is 0 Å². The number of aromatic nitrogens is 1. The van der Waals surface area contributed by atoms with Crippen molar-refractivity contribution >= 4 is 29.2 Å². The smallest absolute Gasteiger partial charge is 0.355 e. The quantitative estimate of drug-likeness (QED) is 0.911. The van der Waals surface area contributed by atoms with Gasteiger partial charge in [0.05, 0.1) is 6.20 Å². The fourth-order valence-electron chi connectivity index (χ4n) is 1.52. The van der Waals surface area contributed by atoms with E-state index in [1.165, 1.54) is 12.1 Å². The number of nitrogens with zero attached hydrogens (tertiary/aromatic N) is 1. The first-order chi connectivity index (χ1) is 8.49. The largest absolute Gasteiger partial charge is 0.476 e. The van der Waals surface area contributed by atoms with E-state index in [0.29, 0.717) is 10.6 Å². The lowest BCUT2D eigenvalue weighted by atomic mass is 10.0. The molecule has 0 aliphatic carbocycles. The van der Waals surface area contributed by atoms with Crippen LogP contribution in [0.1, 0.15) is 10.5 Å². The van der Waals surface area contributed by atoms with Crippen molar-refractivity contribution in [3.63, 3.8) is 0 Å². The van der Waals surface area contributed by atoms with E-state index in [0.717, 1.165) is 12.3 Å². The Morgan fingerprint density at radius 3 is 2.56 bits per heavy atom. The van der Waals surface area contributed by atoms with Gasteiger partial charge in [-0.1, -0.05) is 29.3 Å². The van der Waals surface area contributed by atoms with Gasteiger partial charge in [0.2, 0.25) is 0 Å². The van der Waals surface area contributed by atoms with Gasteiger partial charge in [-0.3, -0.25) is 0 Å². The molecule has 0 amide bonds. The maximum Gasteiger partial charge on any atom is 0.355 e. The molecule has 0 unspecified atom stereocenters. The van der Waals surface area contributed by atoms with Gasteiger partial charge in [0.1, 0.15) is 5.82 Å². The number of pyridine rings is 1. The summed E-state index contributed by atoms with van der Waals surface area (Å²) in [5.41, 5.74) is 0.218. The Kier molecular flexibility index (Phi) is 3.50. The Balaban J connectivity index is 2.69. The number of benzene rings is 1. The molecule has 0 saturated heterocycles. The normalized spacial score (nSPS) is 10.4. The lowest BCUT2D eigenvalue weighted by Gasteiger charge is -2.08. The number of carbonyl (C=O) groups is 1. The van der Waals surface area contributed by atoms with Gasteiger partial charge in [-0.25, -0.2) is 14.2 Å². The fraction of sp³-hybridized carbons (Fsp3) is 0. The lowest BCUT2D eigenvalue weighted by molar-refractivity contribution is 0.0691. The van der Waals surface area contributed by atoms with Crippen LogP contribution >= 0.6 is 23.2 Å². The third-order valence-electron chi connectivity index (χ3n) is 2.28. The lowest BCUT2D eigenvalue weighted by Crippen LogP contribution is -2.04. The minimum atomic E-state index is -1.25. The van der Waals surface area contributed by atoms with E-state index in [1.807, 2.05) is 0 Å². The predicted octanol–water partition coefficient (Wildman–Crippen LogP) is 3.89. The number of carboxylic acid groups (broad SMARTS) is 1. The second-order valence-electron chi connectivity index (χ2n) is 3.48. The maximum absolute atomic E-state index is 13.2. The summed E-state index contributed by atoms with van der Waals surface area (Å²) in [6.07, 6.45) is 0.844. The summed E-state index contributed by atoms with van der Waals surface area (Å²) in [6.45, 7) is 0. The van der Waals surface area contributed by atoms with Gasteiger partial charge >= 0.3 is 5.97 Å². The molecule has 6 heteroatoms. The highest BCUT2D eigenvalue weighted by atomic mass is 35.5. The monoisotopic (exact) mass is 285 g/mol. The van der Waals surface area contributed by atoms with Crippen LogP contribution in [0.25, 0.3) is 11.1 Å². The van der Waals surface area contributed by atoms with Gasteiger partial charge in [-0.15, -0.1) is 0 Å². The topological polar surface area (TPSA) is 50.2 Å². The zero-order valence-electron chi connectivity index (χ0n) is 8.82. The maximum atomic E-state index is 13.2. The van der Waals surface area contributed by atoms with Crippen molar-refractivity contribution in [2.75, 3.05) is 0 Å². The molecule has 92 valence electrons. The first kappa shape index (κ1) is 12.8. The number of carboxylic acids is 1. The summed E-state index contributed by atoms with van der Waals surface area (Å²) in [6, 6.07) is 5.59. The minimum absolute atomic E-state index is 0.115. The van der Waals surface area contributed by atoms with E-state index in [1.54, 1.807) is 6.07 Å². The molecule has 2 aromatic rings. The molecule has 0 saturated carbocycles. The first-order valence-corrected chi connectivity index (χ1v) is 5.59. The van der Waals surface area contributed by atoms with Crippen LogP contribution in [0.4, 0.5) is 4.39 Å². The molecule has 1 aromatic carbocycles. The number of hydrogen-bond donors (Lipinski definition) is 1. The summed E-state index contributed by atoms with van der Waals surface area (Å²) < 4.78 is 13.2. The highest BCUT2D eigenvalue weighted by Gasteiger charge is 2.16. The van der Waals surface area contributed by atoms with Crippen LogP contribution < -0.4 is 0 Å². The Labute approximate surface area is 112 Å². The summed E-state index contributed by atoms with van der Waals surface area (Å²) in [4.78, 5) is 14.6. The van der Waals surface area contributed by atoms with Crippen molar-refractivity contribution in [2.45, 2.75) is 0 Å². The molecule has 18 heavy (non-hydrogen) atoms. The fourth-order valence-corrected chi connectivity index (χ4v) is 2.03. The van der Waals surface area contributed by atoms with E-state index in [-0.39, 0.29) is 16.3 Å². The molecule has 0 bridgehead atoms. The van der Waals surface area contributed by atoms with Crippen molar-refractivity contribution in [3.05, 3.63) is 52.0 Å². The Morgan fingerprint density at radius 1 is 1.22 bits per heavy atom. The average molecular weight is 286 g/mol. The molecular weight excluding hydrogens is 280 g/mol. The molecule has 2 rings (SSSR count). The highest BCUT2D eigenvalue weighted by Crippen LogP contribution is 2.32. The molecule has 0 atom stereocenters. The van der Waals surface area contributed by atoms with Crippen LogP contribution in [0.5, 0.6) is 0 Å². The summed E-state index contributed by atoms with van der Waals surface area (Å²) in [5, 5.41) is 9.65. The van der Waals surface area contributed by atoms with Gasteiger partial charge in [-0.05, 0) is 18.2 Å².